The first kappa shape index (κ1) is 18.5. The zero-order valence-electron chi connectivity index (χ0n) is 14.5. The van der Waals surface area contributed by atoms with Gasteiger partial charge in [0.05, 0.1) is 12.0 Å². The van der Waals surface area contributed by atoms with Crippen LogP contribution in [0.5, 0.6) is 5.75 Å². The lowest BCUT2D eigenvalue weighted by Crippen LogP contribution is -2.26. The standard InChI is InChI=1S/C19H25NO3S2/c1-23-17-9-7-16-14-19(10-8-15(16)13-17)25(21,22)20-11-12-24-18-5-3-2-4-6-18/h7-10,13-14,18,20H,2-6,11-12H2,1H3. The summed E-state index contributed by atoms with van der Waals surface area (Å²) < 4.78 is 32.9. The van der Waals surface area contributed by atoms with E-state index in [2.05, 4.69) is 4.72 Å². The first-order valence-electron chi connectivity index (χ1n) is 8.77. The topological polar surface area (TPSA) is 55.4 Å². The number of methoxy groups -OCH3 is 1. The third kappa shape index (κ3) is 4.90. The lowest BCUT2D eigenvalue weighted by atomic mass is 10.0. The van der Waals surface area contributed by atoms with Gasteiger partial charge in [0.2, 0.25) is 10.0 Å². The summed E-state index contributed by atoms with van der Waals surface area (Å²) in [5.41, 5.74) is 0. The predicted octanol–water partition coefficient (Wildman–Crippen LogP) is 4.19. The third-order valence-corrected chi connectivity index (χ3v) is 7.47. The summed E-state index contributed by atoms with van der Waals surface area (Å²) in [4.78, 5) is 0.313. The van der Waals surface area contributed by atoms with Crippen molar-refractivity contribution in [2.24, 2.45) is 0 Å². The van der Waals surface area contributed by atoms with Crippen LogP contribution in [0, 0.1) is 0 Å². The molecule has 4 nitrogen and oxygen atoms in total. The molecule has 3 rings (SSSR count). The van der Waals surface area contributed by atoms with E-state index in [0.717, 1.165) is 22.3 Å². The Hall–Kier alpha value is -1.24. The number of thioether (sulfide) groups is 1. The van der Waals surface area contributed by atoms with Crippen LogP contribution in [0.2, 0.25) is 0 Å². The fourth-order valence-electron chi connectivity index (χ4n) is 3.21. The molecule has 1 saturated carbocycles. The molecule has 1 fully saturated rings. The summed E-state index contributed by atoms with van der Waals surface area (Å²) in [6.07, 6.45) is 6.51. The monoisotopic (exact) mass is 379 g/mol. The van der Waals surface area contributed by atoms with E-state index in [1.54, 1.807) is 19.2 Å². The highest BCUT2D eigenvalue weighted by molar-refractivity contribution is 8.00. The van der Waals surface area contributed by atoms with Gasteiger partial charge in [-0.05, 0) is 47.9 Å². The molecule has 0 heterocycles. The zero-order valence-corrected chi connectivity index (χ0v) is 16.2. The molecule has 0 bridgehead atoms. The van der Waals surface area contributed by atoms with Crippen LogP contribution in [-0.2, 0) is 10.0 Å². The first-order chi connectivity index (χ1) is 12.1. The van der Waals surface area contributed by atoms with Crippen LogP contribution in [0.1, 0.15) is 32.1 Å². The molecule has 1 aliphatic carbocycles. The number of sulfonamides is 1. The van der Waals surface area contributed by atoms with Crippen LogP contribution in [0.4, 0.5) is 0 Å². The molecule has 0 saturated heterocycles. The number of hydrogen-bond donors (Lipinski definition) is 1. The van der Waals surface area contributed by atoms with Crippen LogP contribution >= 0.6 is 11.8 Å². The molecule has 136 valence electrons. The SMILES string of the molecule is COc1ccc2cc(S(=O)(=O)NCCSC3CCCCC3)ccc2c1. The maximum atomic E-state index is 12.5. The summed E-state index contributed by atoms with van der Waals surface area (Å²) in [6.45, 7) is 0.476. The number of benzene rings is 2. The zero-order chi connectivity index (χ0) is 17.7. The second kappa shape index (κ2) is 8.43. The van der Waals surface area contributed by atoms with Crippen molar-refractivity contribution in [3.63, 3.8) is 0 Å². The Morgan fingerprint density at radius 1 is 1.08 bits per heavy atom. The summed E-state index contributed by atoms with van der Waals surface area (Å²) in [7, 11) is -1.84. The van der Waals surface area contributed by atoms with Gasteiger partial charge in [-0.2, -0.15) is 11.8 Å². The van der Waals surface area contributed by atoms with E-state index in [1.807, 2.05) is 36.0 Å². The van der Waals surface area contributed by atoms with E-state index in [-0.39, 0.29) is 0 Å². The fourth-order valence-corrected chi connectivity index (χ4v) is 5.63. The van der Waals surface area contributed by atoms with E-state index < -0.39 is 10.0 Å². The Balaban J connectivity index is 1.60. The minimum absolute atomic E-state index is 0.313. The van der Waals surface area contributed by atoms with Crippen LogP contribution in [0.3, 0.4) is 0 Å². The molecular weight excluding hydrogens is 354 g/mol. The van der Waals surface area contributed by atoms with Gasteiger partial charge in [0.25, 0.3) is 0 Å². The largest absolute Gasteiger partial charge is 0.497 e. The Labute approximate surface area is 154 Å². The van der Waals surface area contributed by atoms with Gasteiger partial charge < -0.3 is 4.74 Å². The molecule has 2 aromatic rings. The highest BCUT2D eigenvalue weighted by Gasteiger charge is 2.16. The van der Waals surface area contributed by atoms with E-state index in [1.165, 1.54) is 32.1 Å². The number of hydrogen-bond acceptors (Lipinski definition) is 4. The first-order valence-corrected chi connectivity index (χ1v) is 11.3. The predicted molar refractivity (Wildman–Crippen MR) is 105 cm³/mol. The maximum Gasteiger partial charge on any atom is 0.240 e. The van der Waals surface area contributed by atoms with Crippen LogP contribution in [0.15, 0.2) is 41.3 Å². The number of nitrogens with one attached hydrogen (secondary N) is 1. The highest BCUT2D eigenvalue weighted by Crippen LogP contribution is 2.28. The molecule has 6 heteroatoms. The Bertz CT molecular complexity index is 815. The van der Waals surface area contributed by atoms with Gasteiger partial charge in [0, 0.05) is 17.5 Å². The van der Waals surface area contributed by atoms with E-state index in [0.29, 0.717) is 16.7 Å². The lowest BCUT2D eigenvalue weighted by Gasteiger charge is -2.20. The van der Waals surface area contributed by atoms with E-state index in [9.17, 15) is 8.42 Å². The van der Waals surface area contributed by atoms with Gasteiger partial charge in [-0.1, -0.05) is 31.4 Å². The number of rotatable bonds is 7. The van der Waals surface area contributed by atoms with Crippen molar-refractivity contribution in [1.29, 1.82) is 0 Å². The summed E-state index contributed by atoms with van der Waals surface area (Å²) in [6, 6.07) is 10.8. The molecule has 1 aliphatic rings. The van der Waals surface area contributed by atoms with Gasteiger partial charge in [-0.3, -0.25) is 0 Å². The van der Waals surface area contributed by atoms with Gasteiger partial charge in [0.1, 0.15) is 5.75 Å². The average Bonchev–Trinajstić information content (AvgIpc) is 2.65. The minimum atomic E-state index is -3.46. The van der Waals surface area contributed by atoms with E-state index in [4.69, 9.17) is 4.74 Å². The number of fused-ring (bicyclic) bond motifs is 1. The Kier molecular flexibility index (Phi) is 6.25. The van der Waals surface area contributed by atoms with Crippen molar-refractivity contribution in [2.45, 2.75) is 42.2 Å². The fraction of sp³-hybridized carbons (Fsp3) is 0.474. The minimum Gasteiger partial charge on any atom is -0.497 e. The van der Waals surface area contributed by atoms with Crippen molar-refractivity contribution < 1.29 is 13.2 Å². The van der Waals surface area contributed by atoms with Gasteiger partial charge in [-0.15, -0.1) is 0 Å². The molecule has 0 radical (unpaired) electrons. The summed E-state index contributed by atoms with van der Waals surface area (Å²) >= 11 is 1.90. The molecule has 0 spiro atoms. The molecule has 0 atom stereocenters. The maximum absolute atomic E-state index is 12.5. The summed E-state index contributed by atoms with van der Waals surface area (Å²) in [5, 5.41) is 2.56. The molecule has 0 aliphatic heterocycles. The van der Waals surface area contributed by atoms with Crippen molar-refractivity contribution in [1.82, 2.24) is 4.72 Å². The van der Waals surface area contributed by atoms with Crippen molar-refractivity contribution in [3.8, 4) is 5.75 Å². The van der Waals surface area contributed by atoms with Crippen LogP contribution in [0.25, 0.3) is 10.8 Å². The van der Waals surface area contributed by atoms with Crippen molar-refractivity contribution in [2.75, 3.05) is 19.4 Å². The molecule has 0 amide bonds. The molecule has 2 aromatic carbocycles. The second-order valence-electron chi connectivity index (χ2n) is 6.40. The molecule has 25 heavy (non-hydrogen) atoms. The number of ether oxygens (including phenoxy) is 1. The Morgan fingerprint density at radius 3 is 2.56 bits per heavy atom. The van der Waals surface area contributed by atoms with Gasteiger partial charge in [0.15, 0.2) is 0 Å². The Morgan fingerprint density at radius 2 is 1.80 bits per heavy atom. The van der Waals surface area contributed by atoms with Crippen molar-refractivity contribution in [3.05, 3.63) is 36.4 Å². The van der Waals surface area contributed by atoms with Crippen LogP contribution in [-0.4, -0.2) is 33.1 Å². The quantitative estimate of drug-likeness (QED) is 0.733. The van der Waals surface area contributed by atoms with Gasteiger partial charge >= 0.3 is 0 Å². The average molecular weight is 380 g/mol. The highest BCUT2D eigenvalue weighted by atomic mass is 32.2. The molecule has 0 aromatic heterocycles. The van der Waals surface area contributed by atoms with E-state index >= 15 is 0 Å². The van der Waals surface area contributed by atoms with Crippen LogP contribution < -0.4 is 9.46 Å². The molecule has 0 unspecified atom stereocenters. The second-order valence-corrected chi connectivity index (χ2v) is 9.58. The lowest BCUT2D eigenvalue weighted by molar-refractivity contribution is 0.415. The third-order valence-electron chi connectivity index (χ3n) is 4.63. The molecule has 1 N–H and O–H groups in total. The summed E-state index contributed by atoms with van der Waals surface area (Å²) in [5.74, 6) is 1.59. The van der Waals surface area contributed by atoms with Gasteiger partial charge in [-0.25, -0.2) is 13.1 Å². The molecular formula is C19H25NO3S2. The smallest absolute Gasteiger partial charge is 0.240 e. The normalized spacial score (nSPS) is 16.2. The van der Waals surface area contributed by atoms with Crippen molar-refractivity contribution >= 4 is 32.6 Å².